The summed E-state index contributed by atoms with van der Waals surface area (Å²) in [5.74, 6) is 2.63. The number of hydrogen-bond donors (Lipinski definition) is 2. The van der Waals surface area contributed by atoms with E-state index >= 15 is 0 Å². The van der Waals surface area contributed by atoms with Crippen molar-refractivity contribution in [1.82, 2.24) is 14.9 Å². The minimum absolute atomic E-state index is 0.160. The predicted octanol–water partition coefficient (Wildman–Crippen LogP) is 2.53. The Bertz CT molecular complexity index is 796. The van der Waals surface area contributed by atoms with Crippen LogP contribution in [0.25, 0.3) is 0 Å². The summed E-state index contributed by atoms with van der Waals surface area (Å²) in [6.45, 7) is 6.16. The number of anilines is 1. The molecule has 2 aliphatic rings. The molecule has 1 saturated heterocycles. The Hall–Kier alpha value is -2.18. The summed E-state index contributed by atoms with van der Waals surface area (Å²) >= 11 is 0. The van der Waals surface area contributed by atoms with Gasteiger partial charge in [0, 0.05) is 25.1 Å². The number of aryl methyl sites for hydroxylation is 1. The SMILES string of the molecule is Cc1nc2c(c(NCCCN3CCCC(O)C3)n1)Cc1ccccc1OC2. The lowest BCUT2D eigenvalue weighted by Gasteiger charge is -2.29. The monoisotopic (exact) mass is 368 g/mol. The molecule has 3 heterocycles. The molecule has 0 saturated carbocycles. The highest BCUT2D eigenvalue weighted by Gasteiger charge is 2.20. The third-order valence-corrected chi connectivity index (χ3v) is 5.33. The van der Waals surface area contributed by atoms with E-state index in [0.29, 0.717) is 6.61 Å². The molecule has 1 unspecified atom stereocenters. The first-order valence-electron chi connectivity index (χ1n) is 9.90. The third kappa shape index (κ3) is 4.39. The van der Waals surface area contributed by atoms with Crippen molar-refractivity contribution in [3.05, 3.63) is 46.9 Å². The summed E-state index contributed by atoms with van der Waals surface area (Å²) in [5.41, 5.74) is 3.29. The first-order valence-corrected chi connectivity index (χ1v) is 9.90. The molecule has 0 spiro atoms. The Kier molecular flexibility index (Phi) is 5.55. The average molecular weight is 368 g/mol. The van der Waals surface area contributed by atoms with Crippen LogP contribution in [0.15, 0.2) is 24.3 Å². The summed E-state index contributed by atoms with van der Waals surface area (Å²) in [4.78, 5) is 11.6. The topological polar surface area (TPSA) is 70.5 Å². The van der Waals surface area contributed by atoms with Crippen LogP contribution in [0, 0.1) is 6.92 Å². The highest BCUT2D eigenvalue weighted by atomic mass is 16.5. The molecule has 4 rings (SSSR count). The number of piperidine rings is 1. The summed E-state index contributed by atoms with van der Waals surface area (Å²) in [7, 11) is 0. The van der Waals surface area contributed by atoms with Gasteiger partial charge in [0.15, 0.2) is 0 Å². The van der Waals surface area contributed by atoms with E-state index in [9.17, 15) is 5.11 Å². The number of aliphatic hydroxyl groups is 1. The zero-order chi connectivity index (χ0) is 18.6. The number of ether oxygens (including phenoxy) is 1. The summed E-state index contributed by atoms with van der Waals surface area (Å²) < 4.78 is 5.95. The maximum absolute atomic E-state index is 9.80. The molecule has 27 heavy (non-hydrogen) atoms. The number of rotatable bonds is 5. The molecule has 1 atom stereocenters. The van der Waals surface area contributed by atoms with Crippen molar-refractivity contribution in [3.8, 4) is 5.75 Å². The van der Waals surface area contributed by atoms with Gasteiger partial charge in [-0.25, -0.2) is 9.97 Å². The predicted molar refractivity (Wildman–Crippen MR) is 105 cm³/mol. The van der Waals surface area contributed by atoms with Gasteiger partial charge in [-0.2, -0.15) is 0 Å². The lowest BCUT2D eigenvalue weighted by Crippen LogP contribution is -2.39. The molecule has 6 nitrogen and oxygen atoms in total. The van der Waals surface area contributed by atoms with Crippen LogP contribution < -0.4 is 10.1 Å². The Labute approximate surface area is 160 Å². The number of aromatic nitrogens is 2. The van der Waals surface area contributed by atoms with E-state index in [1.807, 2.05) is 25.1 Å². The molecule has 0 aliphatic carbocycles. The molecule has 0 bridgehead atoms. The first-order chi connectivity index (χ1) is 13.2. The van der Waals surface area contributed by atoms with Crippen LogP contribution in [0.4, 0.5) is 5.82 Å². The number of nitrogens with zero attached hydrogens (tertiary/aromatic N) is 3. The van der Waals surface area contributed by atoms with Gasteiger partial charge in [0.1, 0.15) is 24.0 Å². The Balaban J connectivity index is 1.42. The molecular formula is C21H28N4O2. The number of aliphatic hydroxyl groups excluding tert-OH is 1. The van der Waals surface area contributed by atoms with E-state index < -0.39 is 0 Å². The molecule has 1 aromatic carbocycles. The molecule has 0 amide bonds. The number of fused-ring (bicyclic) bond motifs is 2. The molecule has 2 N–H and O–H groups in total. The van der Waals surface area contributed by atoms with Crippen LogP contribution in [0.1, 0.15) is 41.9 Å². The number of β-amino-alcohol motifs (C(OH)–C–C–N with tert-alkyl or cyclic N) is 1. The van der Waals surface area contributed by atoms with Gasteiger partial charge in [0.05, 0.1) is 11.8 Å². The normalized spacial score (nSPS) is 19.6. The van der Waals surface area contributed by atoms with Crippen LogP contribution in [0.2, 0.25) is 0 Å². The second-order valence-corrected chi connectivity index (χ2v) is 7.49. The molecule has 1 fully saturated rings. The van der Waals surface area contributed by atoms with Gasteiger partial charge in [-0.15, -0.1) is 0 Å². The molecule has 6 heteroatoms. The Morgan fingerprint density at radius 3 is 3.07 bits per heavy atom. The molecule has 1 aromatic heterocycles. The van der Waals surface area contributed by atoms with Gasteiger partial charge in [0.25, 0.3) is 0 Å². The van der Waals surface area contributed by atoms with Crippen molar-refractivity contribution in [2.24, 2.45) is 0 Å². The lowest BCUT2D eigenvalue weighted by molar-refractivity contribution is 0.0706. The molecular weight excluding hydrogens is 340 g/mol. The van der Waals surface area contributed by atoms with E-state index in [0.717, 1.165) is 80.5 Å². The zero-order valence-electron chi connectivity index (χ0n) is 15.9. The van der Waals surface area contributed by atoms with Crippen molar-refractivity contribution in [1.29, 1.82) is 0 Å². The molecule has 2 aliphatic heterocycles. The molecule has 144 valence electrons. The van der Waals surface area contributed by atoms with E-state index in [4.69, 9.17) is 4.74 Å². The number of benzene rings is 1. The highest BCUT2D eigenvalue weighted by Crippen LogP contribution is 2.30. The van der Waals surface area contributed by atoms with Crippen molar-refractivity contribution < 1.29 is 9.84 Å². The number of nitrogens with one attached hydrogen (secondary N) is 1. The fraction of sp³-hybridized carbons (Fsp3) is 0.524. The fourth-order valence-corrected chi connectivity index (χ4v) is 3.98. The molecule has 2 aromatic rings. The van der Waals surface area contributed by atoms with Gasteiger partial charge in [-0.1, -0.05) is 18.2 Å². The average Bonchev–Trinajstić information content (AvgIpc) is 2.85. The van der Waals surface area contributed by atoms with Crippen molar-refractivity contribution in [2.45, 2.75) is 45.3 Å². The highest BCUT2D eigenvalue weighted by molar-refractivity contribution is 5.52. The van der Waals surface area contributed by atoms with E-state index in [2.05, 4.69) is 26.3 Å². The molecule has 0 radical (unpaired) electrons. The van der Waals surface area contributed by atoms with E-state index in [1.54, 1.807) is 0 Å². The largest absolute Gasteiger partial charge is 0.487 e. The standard InChI is InChI=1S/C21H28N4O2/c1-15-23-19-14-27-20-8-3-2-6-16(20)12-18(19)21(24-15)22-9-5-11-25-10-4-7-17(26)13-25/h2-3,6,8,17,26H,4-5,7,9-14H2,1H3,(H,22,23,24). The van der Waals surface area contributed by atoms with Gasteiger partial charge in [-0.3, -0.25) is 0 Å². The smallest absolute Gasteiger partial charge is 0.133 e. The quantitative estimate of drug-likeness (QED) is 0.791. The third-order valence-electron chi connectivity index (χ3n) is 5.33. The van der Waals surface area contributed by atoms with E-state index in [-0.39, 0.29) is 6.10 Å². The van der Waals surface area contributed by atoms with Crippen LogP contribution in [0.5, 0.6) is 5.75 Å². The van der Waals surface area contributed by atoms with E-state index in [1.165, 1.54) is 5.56 Å². The number of hydrogen-bond acceptors (Lipinski definition) is 6. The van der Waals surface area contributed by atoms with Gasteiger partial charge >= 0.3 is 0 Å². The second-order valence-electron chi connectivity index (χ2n) is 7.49. The minimum Gasteiger partial charge on any atom is -0.487 e. The Morgan fingerprint density at radius 1 is 1.30 bits per heavy atom. The maximum Gasteiger partial charge on any atom is 0.133 e. The van der Waals surface area contributed by atoms with Gasteiger partial charge < -0.3 is 20.1 Å². The van der Waals surface area contributed by atoms with Crippen LogP contribution in [0.3, 0.4) is 0 Å². The van der Waals surface area contributed by atoms with Crippen molar-refractivity contribution in [3.63, 3.8) is 0 Å². The number of likely N-dealkylation sites (tertiary alicyclic amines) is 1. The summed E-state index contributed by atoms with van der Waals surface area (Å²) in [6, 6.07) is 8.17. The summed E-state index contributed by atoms with van der Waals surface area (Å²) in [5, 5.41) is 13.3. The fourth-order valence-electron chi connectivity index (χ4n) is 3.98. The zero-order valence-corrected chi connectivity index (χ0v) is 15.9. The lowest BCUT2D eigenvalue weighted by atomic mass is 10.0. The maximum atomic E-state index is 9.80. The second kappa shape index (κ2) is 8.23. The van der Waals surface area contributed by atoms with Gasteiger partial charge in [-0.05, 0) is 50.9 Å². The minimum atomic E-state index is -0.160. The van der Waals surface area contributed by atoms with Crippen LogP contribution in [-0.2, 0) is 13.0 Å². The van der Waals surface area contributed by atoms with Gasteiger partial charge in [0.2, 0.25) is 0 Å². The van der Waals surface area contributed by atoms with Crippen molar-refractivity contribution >= 4 is 5.82 Å². The first kappa shape index (κ1) is 18.2. The van der Waals surface area contributed by atoms with Crippen LogP contribution in [-0.4, -0.2) is 52.3 Å². The summed E-state index contributed by atoms with van der Waals surface area (Å²) in [6.07, 6.45) is 3.67. The Morgan fingerprint density at radius 2 is 2.19 bits per heavy atom. The van der Waals surface area contributed by atoms with Crippen LogP contribution >= 0.6 is 0 Å². The van der Waals surface area contributed by atoms with Crippen molar-refractivity contribution in [2.75, 3.05) is 31.5 Å². The number of para-hydroxylation sites is 1.